The number of thioether (sulfide) groups is 1. The van der Waals surface area contributed by atoms with Gasteiger partial charge in [-0.1, -0.05) is 41.9 Å². The van der Waals surface area contributed by atoms with Gasteiger partial charge >= 0.3 is 5.97 Å². The quantitative estimate of drug-likeness (QED) is 0.386. The molecule has 0 aliphatic heterocycles. The summed E-state index contributed by atoms with van der Waals surface area (Å²) in [6, 6.07) is 17.5. The molecule has 2 aromatic carbocycles. The van der Waals surface area contributed by atoms with Gasteiger partial charge in [0.25, 0.3) is 0 Å². The Morgan fingerprint density at radius 3 is 2.56 bits per heavy atom. The van der Waals surface area contributed by atoms with E-state index in [1.807, 2.05) is 54.6 Å². The third-order valence-corrected chi connectivity index (χ3v) is 5.77. The molecule has 0 aliphatic carbocycles. The van der Waals surface area contributed by atoms with E-state index in [-0.39, 0.29) is 5.97 Å². The Bertz CT molecular complexity index is 848. The lowest BCUT2D eigenvalue weighted by molar-refractivity contribution is 0.0531. The summed E-state index contributed by atoms with van der Waals surface area (Å²) in [7, 11) is 0. The highest BCUT2D eigenvalue weighted by Crippen LogP contribution is 2.32. The number of carbonyl (C=O) groups excluding carboxylic acids is 1. The molecule has 0 saturated carbocycles. The van der Waals surface area contributed by atoms with Crippen LogP contribution in [0.1, 0.15) is 22.3 Å². The molecule has 6 heteroatoms. The Hall–Kier alpha value is -1.82. The molecule has 3 rings (SSSR count). The normalized spacial score (nSPS) is 10.6. The molecule has 128 valence electrons. The fourth-order valence-corrected chi connectivity index (χ4v) is 4.23. The summed E-state index contributed by atoms with van der Waals surface area (Å²) >= 11 is 8.92. The zero-order valence-corrected chi connectivity index (χ0v) is 16.0. The Morgan fingerprint density at radius 2 is 1.88 bits per heavy atom. The average molecular weight is 390 g/mol. The summed E-state index contributed by atoms with van der Waals surface area (Å²) in [4.78, 5) is 18.6. The lowest BCUT2D eigenvalue weighted by Crippen LogP contribution is -2.05. The van der Waals surface area contributed by atoms with Crippen LogP contribution in [0.2, 0.25) is 5.02 Å². The maximum atomic E-state index is 12.3. The van der Waals surface area contributed by atoms with E-state index >= 15 is 0 Å². The molecule has 0 atom stereocenters. The molecule has 0 radical (unpaired) electrons. The SMILES string of the molecule is CCOC(=O)c1sc(-c2ccccc2)nc1CSc1ccc(Cl)cc1. The molecule has 25 heavy (non-hydrogen) atoms. The number of thiazole rings is 1. The number of hydrogen-bond donors (Lipinski definition) is 0. The average Bonchev–Trinajstić information content (AvgIpc) is 3.07. The lowest BCUT2D eigenvalue weighted by Gasteiger charge is -2.03. The van der Waals surface area contributed by atoms with Crippen LogP contribution in [0, 0.1) is 0 Å². The van der Waals surface area contributed by atoms with E-state index in [2.05, 4.69) is 4.98 Å². The highest BCUT2D eigenvalue weighted by molar-refractivity contribution is 7.98. The topological polar surface area (TPSA) is 39.2 Å². The largest absolute Gasteiger partial charge is 0.462 e. The van der Waals surface area contributed by atoms with Crippen LogP contribution < -0.4 is 0 Å². The number of benzene rings is 2. The van der Waals surface area contributed by atoms with E-state index in [9.17, 15) is 4.79 Å². The Morgan fingerprint density at radius 1 is 1.16 bits per heavy atom. The van der Waals surface area contributed by atoms with Gasteiger partial charge in [0.2, 0.25) is 0 Å². The number of nitrogens with zero attached hydrogens (tertiary/aromatic N) is 1. The van der Waals surface area contributed by atoms with Crippen molar-refractivity contribution in [3.63, 3.8) is 0 Å². The second-order valence-corrected chi connectivity index (χ2v) is 7.61. The highest BCUT2D eigenvalue weighted by atomic mass is 35.5. The fraction of sp³-hybridized carbons (Fsp3) is 0.158. The molecule has 0 saturated heterocycles. The minimum absolute atomic E-state index is 0.311. The first-order valence-electron chi connectivity index (χ1n) is 7.78. The number of carbonyl (C=O) groups is 1. The van der Waals surface area contributed by atoms with Crippen LogP contribution in [-0.4, -0.2) is 17.6 Å². The summed E-state index contributed by atoms with van der Waals surface area (Å²) in [5.41, 5.74) is 1.75. The van der Waals surface area contributed by atoms with Gasteiger partial charge in [-0.25, -0.2) is 9.78 Å². The summed E-state index contributed by atoms with van der Waals surface area (Å²) < 4.78 is 5.19. The maximum absolute atomic E-state index is 12.3. The van der Waals surface area contributed by atoms with E-state index < -0.39 is 0 Å². The van der Waals surface area contributed by atoms with Crippen molar-refractivity contribution >= 4 is 40.7 Å². The molecule has 0 unspecified atom stereocenters. The first-order chi connectivity index (χ1) is 12.2. The lowest BCUT2D eigenvalue weighted by atomic mass is 10.2. The van der Waals surface area contributed by atoms with Crippen molar-refractivity contribution in [1.29, 1.82) is 0 Å². The predicted octanol–water partition coefficient (Wildman–Crippen LogP) is 5.93. The molecule has 0 fully saturated rings. The monoisotopic (exact) mass is 389 g/mol. The number of hydrogen-bond acceptors (Lipinski definition) is 5. The molecular formula is C19H16ClNO2S2. The molecule has 0 N–H and O–H groups in total. The van der Waals surface area contributed by atoms with E-state index in [1.165, 1.54) is 11.3 Å². The summed E-state index contributed by atoms with van der Waals surface area (Å²) in [5, 5.41) is 1.53. The summed E-state index contributed by atoms with van der Waals surface area (Å²) in [6.07, 6.45) is 0. The van der Waals surface area contributed by atoms with Crippen LogP contribution in [0.15, 0.2) is 59.5 Å². The smallest absolute Gasteiger partial charge is 0.350 e. The predicted molar refractivity (Wildman–Crippen MR) is 105 cm³/mol. The third-order valence-electron chi connectivity index (χ3n) is 3.37. The molecule has 0 aliphatic rings. The second kappa shape index (κ2) is 8.52. The molecule has 3 nitrogen and oxygen atoms in total. The van der Waals surface area contributed by atoms with Gasteiger partial charge < -0.3 is 4.74 Å². The van der Waals surface area contributed by atoms with Crippen molar-refractivity contribution in [2.45, 2.75) is 17.6 Å². The zero-order chi connectivity index (χ0) is 17.6. The number of esters is 1. The second-order valence-electron chi connectivity index (χ2n) is 5.12. The first kappa shape index (κ1) is 18.0. The van der Waals surface area contributed by atoms with E-state index in [1.54, 1.807) is 18.7 Å². The molecule has 0 spiro atoms. The molecular weight excluding hydrogens is 374 g/mol. The van der Waals surface area contributed by atoms with Crippen LogP contribution in [0.25, 0.3) is 10.6 Å². The number of halogens is 1. The van der Waals surface area contributed by atoms with Crippen molar-refractivity contribution in [1.82, 2.24) is 4.98 Å². The first-order valence-corrected chi connectivity index (χ1v) is 9.96. The van der Waals surface area contributed by atoms with Gasteiger partial charge in [0.05, 0.1) is 12.3 Å². The van der Waals surface area contributed by atoms with Crippen LogP contribution >= 0.6 is 34.7 Å². The molecule has 1 heterocycles. The number of ether oxygens (including phenoxy) is 1. The van der Waals surface area contributed by atoms with Gasteiger partial charge in [-0.3, -0.25) is 0 Å². The van der Waals surface area contributed by atoms with Gasteiger partial charge in [-0.15, -0.1) is 23.1 Å². The van der Waals surface area contributed by atoms with Crippen LogP contribution in [0.5, 0.6) is 0 Å². The standard InChI is InChI=1S/C19H16ClNO2S2/c1-2-23-19(22)17-16(12-24-15-10-8-14(20)9-11-15)21-18(25-17)13-6-4-3-5-7-13/h3-11H,2,12H2,1H3. The van der Waals surface area contributed by atoms with Crippen molar-refractivity contribution < 1.29 is 9.53 Å². The fourth-order valence-electron chi connectivity index (χ4n) is 2.19. The maximum Gasteiger partial charge on any atom is 0.350 e. The molecule has 1 aromatic heterocycles. The van der Waals surface area contributed by atoms with Gasteiger partial charge in [0, 0.05) is 21.2 Å². The van der Waals surface area contributed by atoms with E-state index in [4.69, 9.17) is 16.3 Å². The highest BCUT2D eigenvalue weighted by Gasteiger charge is 2.20. The van der Waals surface area contributed by atoms with Crippen LogP contribution in [-0.2, 0) is 10.5 Å². The van der Waals surface area contributed by atoms with Crippen molar-refractivity contribution in [3.05, 3.63) is 70.2 Å². The molecule has 0 amide bonds. The van der Waals surface area contributed by atoms with Gasteiger partial charge in [0.1, 0.15) is 9.88 Å². The summed E-state index contributed by atoms with van der Waals surface area (Å²) in [6.45, 7) is 2.15. The summed E-state index contributed by atoms with van der Waals surface area (Å²) in [5.74, 6) is 0.285. The van der Waals surface area contributed by atoms with Gasteiger partial charge in [0.15, 0.2) is 0 Å². The molecule has 3 aromatic rings. The van der Waals surface area contributed by atoms with E-state index in [0.717, 1.165) is 21.2 Å². The third kappa shape index (κ3) is 4.63. The van der Waals surface area contributed by atoms with Crippen LogP contribution in [0.3, 0.4) is 0 Å². The Balaban J connectivity index is 1.86. The van der Waals surface area contributed by atoms with Gasteiger partial charge in [-0.2, -0.15) is 0 Å². The zero-order valence-electron chi connectivity index (χ0n) is 13.6. The minimum Gasteiger partial charge on any atom is -0.462 e. The number of rotatable bonds is 6. The minimum atomic E-state index is -0.311. The van der Waals surface area contributed by atoms with E-state index in [0.29, 0.717) is 22.3 Å². The van der Waals surface area contributed by atoms with Crippen molar-refractivity contribution in [2.24, 2.45) is 0 Å². The van der Waals surface area contributed by atoms with Crippen molar-refractivity contribution in [2.75, 3.05) is 6.61 Å². The molecule has 0 bridgehead atoms. The Kier molecular flexibility index (Phi) is 6.13. The van der Waals surface area contributed by atoms with Gasteiger partial charge in [-0.05, 0) is 31.2 Å². The van der Waals surface area contributed by atoms with Crippen LogP contribution in [0.4, 0.5) is 0 Å². The number of aromatic nitrogens is 1. The Labute approximate surface area is 160 Å². The van der Waals surface area contributed by atoms with Crippen molar-refractivity contribution in [3.8, 4) is 10.6 Å².